The number of nitrogens with zero attached hydrogens (tertiary/aromatic N) is 1. The summed E-state index contributed by atoms with van der Waals surface area (Å²) < 4.78 is 24.2. The van der Waals surface area contributed by atoms with Crippen molar-refractivity contribution in [3.63, 3.8) is 0 Å². The third-order valence-electron chi connectivity index (χ3n) is 5.32. The lowest BCUT2D eigenvalue weighted by molar-refractivity contribution is -0.132. The molecule has 1 heterocycles. The average Bonchev–Trinajstić information content (AvgIpc) is 3.09. The second-order valence-corrected chi connectivity index (χ2v) is 7.13. The normalized spacial score (nSPS) is 17.5. The van der Waals surface area contributed by atoms with Gasteiger partial charge in [-0.3, -0.25) is 14.5 Å². The van der Waals surface area contributed by atoms with Gasteiger partial charge in [0.2, 0.25) is 0 Å². The Morgan fingerprint density at radius 3 is 2.19 bits per heavy atom. The number of anilines is 1. The summed E-state index contributed by atoms with van der Waals surface area (Å²) in [6.45, 7) is 0. The van der Waals surface area contributed by atoms with E-state index in [4.69, 9.17) is 9.47 Å². The van der Waals surface area contributed by atoms with E-state index >= 15 is 0 Å². The lowest BCUT2D eigenvalue weighted by Gasteiger charge is -2.26. The van der Waals surface area contributed by atoms with Crippen LogP contribution in [0.1, 0.15) is 17.2 Å². The number of methoxy groups -OCH3 is 2. The third kappa shape index (κ3) is 3.58. The molecule has 1 amide bonds. The summed E-state index contributed by atoms with van der Waals surface area (Å²) in [5.74, 6) is -1.57. The van der Waals surface area contributed by atoms with Crippen LogP contribution in [0.4, 0.5) is 10.1 Å². The predicted molar refractivity (Wildman–Crippen MR) is 117 cm³/mol. The molecule has 0 aromatic heterocycles. The predicted octanol–water partition coefficient (Wildman–Crippen LogP) is 4.47. The lowest BCUT2D eigenvalue weighted by Crippen LogP contribution is -2.29. The fourth-order valence-corrected chi connectivity index (χ4v) is 3.79. The third-order valence-corrected chi connectivity index (χ3v) is 5.32. The molecule has 1 aliphatic rings. The Bertz CT molecular complexity index is 1200. The maximum Gasteiger partial charge on any atom is 0.300 e. The maximum absolute atomic E-state index is 13.5. The molecular weight excluding hydrogens is 413 g/mol. The smallest absolute Gasteiger partial charge is 0.300 e. The summed E-state index contributed by atoms with van der Waals surface area (Å²) >= 11 is 0. The Morgan fingerprint density at radius 2 is 1.56 bits per heavy atom. The number of amides is 1. The van der Waals surface area contributed by atoms with Gasteiger partial charge in [-0.15, -0.1) is 0 Å². The van der Waals surface area contributed by atoms with Crippen molar-refractivity contribution in [3.8, 4) is 11.5 Å². The highest BCUT2D eigenvalue weighted by atomic mass is 19.1. The molecule has 0 radical (unpaired) electrons. The second kappa shape index (κ2) is 8.55. The first-order valence-electron chi connectivity index (χ1n) is 9.80. The summed E-state index contributed by atoms with van der Waals surface area (Å²) in [4.78, 5) is 27.4. The van der Waals surface area contributed by atoms with Crippen LogP contribution in [0.2, 0.25) is 0 Å². The number of aliphatic hydroxyl groups excluding tert-OH is 1. The SMILES string of the molecule is COc1ccc([C@H]2C(=C(O)c3ccccc3)C(=O)C(=O)N2c2ccc(F)cc2)cc1OC. The first-order valence-corrected chi connectivity index (χ1v) is 9.80. The van der Waals surface area contributed by atoms with Gasteiger partial charge in [-0.2, -0.15) is 0 Å². The van der Waals surface area contributed by atoms with E-state index in [-0.39, 0.29) is 11.3 Å². The van der Waals surface area contributed by atoms with Crippen LogP contribution >= 0.6 is 0 Å². The zero-order valence-electron chi connectivity index (χ0n) is 17.4. The Kier molecular flexibility index (Phi) is 5.64. The summed E-state index contributed by atoms with van der Waals surface area (Å²) in [5, 5.41) is 11.0. The molecule has 1 aliphatic heterocycles. The molecule has 1 saturated heterocycles. The second-order valence-electron chi connectivity index (χ2n) is 7.13. The molecule has 32 heavy (non-hydrogen) atoms. The molecule has 1 fully saturated rings. The average molecular weight is 433 g/mol. The number of Topliss-reactive ketones (excluding diaryl/α,β-unsaturated/α-hetero) is 1. The molecule has 162 valence electrons. The molecule has 3 aromatic rings. The largest absolute Gasteiger partial charge is 0.507 e. The maximum atomic E-state index is 13.5. The van der Waals surface area contributed by atoms with Crippen molar-refractivity contribution in [2.24, 2.45) is 0 Å². The van der Waals surface area contributed by atoms with Crippen molar-refractivity contribution in [2.75, 3.05) is 19.1 Å². The first kappa shape index (κ1) is 21.1. The minimum atomic E-state index is -0.958. The van der Waals surface area contributed by atoms with E-state index < -0.39 is 23.5 Å². The topological polar surface area (TPSA) is 76.1 Å². The molecule has 0 saturated carbocycles. The Morgan fingerprint density at radius 1 is 0.906 bits per heavy atom. The van der Waals surface area contributed by atoms with Gasteiger partial charge in [0.15, 0.2) is 11.5 Å². The van der Waals surface area contributed by atoms with Gasteiger partial charge >= 0.3 is 0 Å². The number of aliphatic hydroxyl groups is 1. The zero-order valence-corrected chi connectivity index (χ0v) is 17.4. The number of benzene rings is 3. The highest BCUT2D eigenvalue weighted by Crippen LogP contribution is 2.44. The van der Waals surface area contributed by atoms with E-state index in [9.17, 15) is 19.1 Å². The van der Waals surface area contributed by atoms with Gasteiger partial charge < -0.3 is 14.6 Å². The van der Waals surface area contributed by atoms with Crippen molar-refractivity contribution >= 4 is 23.1 Å². The first-order chi connectivity index (χ1) is 15.5. The summed E-state index contributed by atoms with van der Waals surface area (Å²) in [6, 6.07) is 17.8. The van der Waals surface area contributed by atoms with Gasteiger partial charge in [0, 0.05) is 11.3 Å². The molecule has 1 atom stereocenters. The molecule has 0 unspecified atom stereocenters. The molecule has 1 N–H and O–H groups in total. The molecule has 4 rings (SSSR count). The molecule has 0 spiro atoms. The molecule has 6 nitrogen and oxygen atoms in total. The lowest BCUT2D eigenvalue weighted by atomic mass is 9.94. The number of carbonyl (C=O) groups is 2. The van der Waals surface area contributed by atoms with Gasteiger partial charge in [0.1, 0.15) is 11.6 Å². The van der Waals surface area contributed by atoms with Gasteiger partial charge in [0.25, 0.3) is 11.7 Å². The van der Waals surface area contributed by atoms with E-state index in [1.807, 2.05) is 0 Å². The Hall–Kier alpha value is -4.13. The fraction of sp³-hybridized carbons (Fsp3) is 0.120. The van der Waals surface area contributed by atoms with Crippen LogP contribution in [0.3, 0.4) is 0 Å². The van der Waals surface area contributed by atoms with Crippen LogP contribution in [0.15, 0.2) is 78.4 Å². The summed E-state index contributed by atoms with van der Waals surface area (Å²) in [6.07, 6.45) is 0. The summed E-state index contributed by atoms with van der Waals surface area (Å²) in [5.41, 5.74) is 1.16. The number of ether oxygens (including phenoxy) is 2. The zero-order chi connectivity index (χ0) is 22.8. The Labute approximate surface area is 184 Å². The molecule has 0 bridgehead atoms. The molecule has 7 heteroatoms. The highest BCUT2D eigenvalue weighted by molar-refractivity contribution is 6.51. The van der Waals surface area contributed by atoms with Crippen molar-refractivity contribution < 1.29 is 28.6 Å². The minimum absolute atomic E-state index is 0.0715. The number of hydrogen-bond donors (Lipinski definition) is 1. The van der Waals surface area contributed by atoms with E-state index in [0.717, 1.165) is 0 Å². The number of hydrogen-bond acceptors (Lipinski definition) is 5. The molecule has 0 aliphatic carbocycles. The quantitative estimate of drug-likeness (QED) is 0.365. The summed E-state index contributed by atoms with van der Waals surface area (Å²) in [7, 11) is 2.97. The number of halogens is 1. The van der Waals surface area contributed by atoms with E-state index in [1.54, 1.807) is 48.5 Å². The number of ketones is 1. The van der Waals surface area contributed by atoms with Crippen molar-refractivity contribution in [1.82, 2.24) is 0 Å². The van der Waals surface area contributed by atoms with Crippen LogP contribution in [-0.4, -0.2) is 31.0 Å². The monoisotopic (exact) mass is 433 g/mol. The van der Waals surface area contributed by atoms with Crippen LogP contribution < -0.4 is 14.4 Å². The van der Waals surface area contributed by atoms with Crippen LogP contribution in [0.5, 0.6) is 11.5 Å². The molecule has 3 aromatic carbocycles. The highest BCUT2D eigenvalue weighted by Gasteiger charge is 2.47. The standard InChI is InChI=1S/C25H20FNO5/c1-31-19-13-8-16(14-20(19)32-2)22-21(23(28)15-6-4-3-5-7-15)24(29)25(30)27(22)18-11-9-17(26)10-12-18/h3-14,22,28H,1-2H3/t22-/m0/s1. The van der Waals surface area contributed by atoms with Crippen molar-refractivity contribution in [3.05, 3.63) is 95.3 Å². The van der Waals surface area contributed by atoms with Crippen molar-refractivity contribution in [2.45, 2.75) is 6.04 Å². The number of rotatable bonds is 5. The van der Waals surface area contributed by atoms with Crippen LogP contribution in [0, 0.1) is 5.82 Å². The van der Waals surface area contributed by atoms with Gasteiger partial charge in [0.05, 0.1) is 25.8 Å². The van der Waals surface area contributed by atoms with Gasteiger partial charge in [-0.1, -0.05) is 36.4 Å². The fourth-order valence-electron chi connectivity index (χ4n) is 3.79. The minimum Gasteiger partial charge on any atom is -0.507 e. The van der Waals surface area contributed by atoms with Crippen molar-refractivity contribution in [1.29, 1.82) is 0 Å². The van der Waals surface area contributed by atoms with Crippen LogP contribution in [0.25, 0.3) is 5.76 Å². The van der Waals surface area contributed by atoms with Crippen LogP contribution in [-0.2, 0) is 9.59 Å². The van der Waals surface area contributed by atoms with Gasteiger partial charge in [-0.05, 0) is 42.0 Å². The molecular formula is C25H20FNO5. The Balaban J connectivity index is 1.96. The number of carbonyl (C=O) groups excluding carboxylic acids is 2. The van der Waals surface area contributed by atoms with E-state index in [2.05, 4.69) is 0 Å². The van der Waals surface area contributed by atoms with E-state index in [1.165, 1.54) is 43.4 Å². The van der Waals surface area contributed by atoms with E-state index in [0.29, 0.717) is 28.3 Å². The van der Waals surface area contributed by atoms with Gasteiger partial charge in [-0.25, -0.2) is 4.39 Å².